The van der Waals surface area contributed by atoms with Crippen molar-refractivity contribution >= 4 is 42.1 Å². The molecule has 1 aromatic carbocycles. The SMILES string of the molecule is C[Si](C)(C)C1([Si](C)(C)C)C(c2ccc(Br)cc2)N(C2CCCCC2)S1(=O)=O. The molecule has 7 heteroatoms. The van der Waals surface area contributed by atoms with Crippen LogP contribution >= 0.6 is 15.9 Å². The average Bonchev–Trinajstić information content (AvgIpc) is 2.52. The van der Waals surface area contributed by atoms with Crippen LogP contribution in [0, 0.1) is 0 Å². The smallest absolute Gasteiger partial charge is 0.212 e. The van der Waals surface area contributed by atoms with Gasteiger partial charge in [0.05, 0.1) is 26.2 Å². The largest absolute Gasteiger partial charge is 0.217 e. The van der Waals surface area contributed by atoms with Crippen molar-refractivity contribution in [3.8, 4) is 0 Å². The second kappa shape index (κ2) is 7.08. The van der Waals surface area contributed by atoms with Gasteiger partial charge in [-0.15, -0.1) is 0 Å². The van der Waals surface area contributed by atoms with Gasteiger partial charge >= 0.3 is 0 Å². The van der Waals surface area contributed by atoms with E-state index in [0.29, 0.717) is 0 Å². The molecule has 3 nitrogen and oxygen atoms in total. The van der Waals surface area contributed by atoms with Gasteiger partial charge in [0.25, 0.3) is 0 Å². The molecule has 0 N–H and O–H groups in total. The Morgan fingerprint density at radius 2 is 1.41 bits per heavy atom. The highest BCUT2D eigenvalue weighted by molar-refractivity contribution is 9.10. The van der Waals surface area contributed by atoms with Gasteiger partial charge in [0.15, 0.2) is 0 Å². The molecule has 2 fully saturated rings. The molecule has 152 valence electrons. The number of sulfonamides is 1. The fourth-order valence-electron chi connectivity index (χ4n) is 6.06. The minimum absolute atomic E-state index is 0.0111. The molecule has 1 atom stereocenters. The van der Waals surface area contributed by atoms with E-state index in [-0.39, 0.29) is 12.1 Å². The fraction of sp³-hybridized carbons (Fsp3) is 0.700. The molecule has 1 unspecified atom stereocenters. The summed E-state index contributed by atoms with van der Waals surface area (Å²) in [7, 11) is -7.38. The van der Waals surface area contributed by atoms with E-state index < -0.39 is 30.2 Å². The van der Waals surface area contributed by atoms with Gasteiger partial charge in [-0.1, -0.05) is 86.6 Å². The third-order valence-electron chi connectivity index (χ3n) is 6.67. The summed E-state index contributed by atoms with van der Waals surface area (Å²) in [6, 6.07) is 8.62. The van der Waals surface area contributed by atoms with Crippen molar-refractivity contribution < 1.29 is 8.42 Å². The normalized spacial score (nSPS) is 26.6. The zero-order valence-corrected chi connectivity index (χ0v) is 22.0. The molecule has 0 radical (unpaired) electrons. The van der Waals surface area contributed by atoms with Gasteiger partial charge in [0, 0.05) is 10.5 Å². The first-order chi connectivity index (χ1) is 12.4. The lowest BCUT2D eigenvalue weighted by atomic mass is 9.94. The van der Waals surface area contributed by atoms with Gasteiger partial charge in [0.2, 0.25) is 10.0 Å². The highest BCUT2D eigenvalue weighted by atomic mass is 79.9. The second-order valence-electron chi connectivity index (χ2n) is 10.3. The summed E-state index contributed by atoms with van der Waals surface area (Å²) >= 11 is 3.54. The highest BCUT2D eigenvalue weighted by Crippen LogP contribution is 2.61. The predicted octanol–water partition coefficient (Wildman–Crippen LogP) is 5.96. The summed E-state index contributed by atoms with van der Waals surface area (Å²) in [6.07, 6.45) is 5.56. The molecular weight excluding hydrogens is 454 g/mol. The molecule has 0 spiro atoms. The Balaban J connectivity index is 2.23. The molecule has 3 rings (SSSR count). The van der Waals surface area contributed by atoms with E-state index in [1.165, 1.54) is 12.0 Å². The summed E-state index contributed by atoms with van der Waals surface area (Å²) in [5.74, 6) is 0. The van der Waals surface area contributed by atoms with Crippen LogP contribution in [0.25, 0.3) is 0 Å². The van der Waals surface area contributed by atoms with Crippen molar-refractivity contribution in [1.29, 1.82) is 0 Å². The molecule has 1 aliphatic carbocycles. The zero-order chi connectivity index (χ0) is 20.3. The van der Waals surface area contributed by atoms with Gasteiger partial charge in [-0.05, 0) is 30.5 Å². The van der Waals surface area contributed by atoms with E-state index in [1.807, 2.05) is 4.31 Å². The molecule has 1 heterocycles. The Kier molecular flexibility index (Phi) is 5.70. The Morgan fingerprint density at radius 1 is 0.926 bits per heavy atom. The van der Waals surface area contributed by atoms with Gasteiger partial charge in [-0.25, -0.2) is 8.42 Å². The lowest BCUT2D eigenvalue weighted by molar-refractivity contribution is 0.159. The van der Waals surface area contributed by atoms with E-state index in [0.717, 1.165) is 30.2 Å². The van der Waals surface area contributed by atoms with Crippen LogP contribution in [0.3, 0.4) is 0 Å². The summed E-state index contributed by atoms with van der Waals surface area (Å²) < 4.78 is 30.7. The van der Waals surface area contributed by atoms with E-state index in [4.69, 9.17) is 0 Å². The summed E-state index contributed by atoms with van der Waals surface area (Å²) in [5.41, 5.74) is 1.18. The maximum absolute atomic E-state index is 14.1. The number of halogens is 1. The van der Waals surface area contributed by atoms with E-state index >= 15 is 0 Å². The van der Waals surface area contributed by atoms with Crippen LogP contribution in [0.5, 0.6) is 0 Å². The van der Waals surface area contributed by atoms with Gasteiger partial charge < -0.3 is 0 Å². The van der Waals surface area contributed by atoms with E-state index in [2.05, 4.69) is 79.5 Å². The molecule has 0 aromatic heterocycles. The van der Waals surface area contributed by atoms with Crippen molar-refractivity contribution in [3.05, 3.63) is 34.3 Å². The Labute approximate surface area is 176 Å². The highest BCUT2D eigenvalue weighted by Gasteiger charge is 2.77. The lowest BCUT2D eigenvalue weighted by Gasteiger charge is -2.67. The molecular formula is C20H34BrNO2SSi2. The number of benzene rings is 1. The molecule has 2 aliphatic rings. The predicted molar refractivity (Wildman–Crippen MR) is 124 cm³/mol. The van der Waals surface area contributed by atoms with Crippen molar-refractivity contribution in [1.82, 2.24) is 4.31 Å². The van der Waals surface area contributed by atoms with E-state index in [9.17, 15) is 8.42 Å². The van der Waals surface area contributed by atoms with Crippen molar-refractivity contribution in [2.45, 2.75) is 87.5 Å². The summed E-state index contributed by atoms with van der Waals surface area (Å²) in [4.78, 5) is 0. The minimum Gasteiger partial charge on any atom is -0.212 e. The monoisotopic (exact) mass is 487 g/mol. The maximum atomic E-state index is 14.1. The molecule has 27 heavy (non-hydrogen) atoms. The van der Waals surface area contributed by atoms with E-state index in [1.54, 1.807) is 0 Å². The fourth-order valence-corrected chi connectivity index (χ4v) is 26.5. The number of hydrogen-bond acceptors (Lipinski definition) is 2. The number of rotatable bonds is 4. The van der Waals surface area contributed by atoms with Crippen molar-refractivity contribution in [3.63, 3.8) is 0 Å². The standard InChI is InChI=1S/C20H34BrNO2SSi2/c1-26(2,3)20(27(4,5)6)19(16-12-14-17(21)15-13-16)22(25(20,23)24)18-10-8-7-9-11-18/h12-15,18-19H,7-11H2,1-6H3. The quantitative estimate of drug-likeness (QED) is 0.490. The van der Waals surface area contributed by atoms with Crippen LogP contribution in [0.2, 0.25) is 39.3 Å². The maximum Gasteiger partial charge on any atom is 0.217 e. The minimum atomic E-state index is -3.30. The topological polar surface area (TPSA) is 37.4 Å². The molecule has 1 aliphatic heterocycles. The zero-order valence-electron chi connectivity index (χ0n) is 17.5. The molecule has 0 amide bonds. The lowest BCUT2D eigenvalue weighted by Crippen LogP contribution is -2.85. The Hall–Kier alpha value is 0.0438. The number of hydrogen-bond donors (Lipinski definition) is 0. The molecule has 1 saturated heterocycles. The van der Waals surface area contributed by atoms with Crippen LogP contribution in [0.4, 0.5) is 0 Å². The van der Waals surface area contributed by atoms with Crippen LogP contribution in [-0.4, -0.2) is 38.9 Å². The van der Waals surface area contributed by atoms with Gasteiger partial charge in [-0.2, -0.15) is 4.31 Å². The average molecular weight is 489 g/mol. The first-order valence-corrected chi connectivity index (χ1v) is 19.4. The Morgan fingerprint density at radius 3 is 1.85 bits per heavy atom. The first-order valence-electron chi connectivity index (χ1n) is 10.1. The van der Waals surface area contributed by atoms with Gasteiger partial charge in [0.1, 0.15) is 0 Å². The molecule has 1 aromatic rings. The van der Waals surface area contributed by atoms with Crippen LogP contribution in [0.15, 0.2) is 28.7 Å². The van der Waals surface area contributed by atoms with Crippen molar-refractivity contribution in [2.24, 2.45) is 0 Å². The van der Waals surface area contributed by atoms with Crippen LogP contribution in [-0.2, 0) is 10.0 Å². The molecule has 1 saturated carbocycles. The van der Waals surface area contributed by atoms with Crippen molar-refractivity contribution in [2.75, 3.05) is 0 Å². The first kappa shape index (κ1) is 21.7. The second-order valence-corrected chi connectivity index (χ2v) is 25.1. The third kappa shape index (κ3) is 3.16. The summed E-state index contributed by atoms with van der Waals surface area (Å²) in [6.45, 7) is 13.6. The third-order valence-corrected chi connectivity index (χ3v) is 24.0. The summed E-state index contributed by atoms with van der Waals surface area (Å²) in [5, 5.41) is 0. The molecule has 0 bridgehead atoms. The Bertz CT molecular complexity index is 777. The van der Waals surface area contributed by atoms with Crippen LogP contribution < -0.4 is 0 Å². The number of nitrogens with zero attached hydrogens (tertiary/aromatic N) is 1. The van der Waals surface area contributed by atoms with Gasteiger partial charge in [-0.3, -0.25) is 0 Å². The van der Waals surface area contributed by atoms with Crippen LogP contribution in [0.1, 0.15) is 43.7 Å².